The molecule has 0 heterocycles. The molecule has 0 aliphatic heterocycles. The van der Waals surface area contributed by atoms with E-state index in [2.05, 4.69) is 4.72 Å². The van der Waals surface area contributed by atoms with Crippen molar-refractivity contribution in [1.82, 2.24) is 4.72 Å². The summed E-state index contributed by atoms with van der Waals surface area (Å²) >= 11 is 16.8. The first-order valence-electron chi connectivity index (χ1n) is 1.48. The summed E-state index contributed by atoms with van der Waals surface area (Å²) < 4.78 is 1.40. The van der Waals surface area contributed by atoms with E-state index in [9.17, 15) is 0 Å². The van der Waals surface area contributed by atoms with Gasteiger partial charge >= 0.3 is 0 Å². The molecular weight excluding hydrogens is 176 g/mol. The average Bonchev–Trinajstić information content (AvgIpc) is 1.30. The molecule has 0 amide bonds. The first-order valence-corrected chi connectivity index (χ1v) is 3.43. The fourth-order valence-electron chi connectivity index (χ4n) is 0.116. The van der Waals surface area contributed by atoms with Crippen LogP contribution in [0.2, 0.25) is 0 Å². The van der Waals surface area contributed by atoms with Crippen LogP contribution in [0.1, 0.15) is 0 Å². The van der Waals surface area contributed by atoms with Crippen LogP contribution in [-0.4, -0.2) is 10.2 Å². The Morgan fingerprint density at radius 3 is 1.86 bits per heavy atom. The summed E-state index contributed by atoms with van der Waals surface area (Å²) in [4.78, 5) is 0. The minimum atomic E-state index is -1.23. The van der Waals surface area contributed by atoms with Gasteiger partial charge in [-0.2, -0.15) is 0 Å². The molecule has 0 rings (SSSR count). The Balaban J connectivity index is 3.15. The van der Waals surface area contributed by atoms with Gasteiger partial charge in [-0.05, 0) is 19.0 Å². The van der Waals surface area contributed by atoms with Crippen LogP contribution in [0.3, 0.4) is 0 Å². The third-order valence-electron chi connectivity index (χ3n) is 0.218. The van der Waals surface area contributed by atoms with Crippen molar-refractivity contribution in [3.05, 3.63) is 0 Å². The van der Waals surface area contributed by atoms with E-state index in [1.807, 2.05) is 0 Å². The highest BCUT2D eigenvalue weighted by molar-refractivity contribution is 8.02. The SMILES string of the molecule is CNSC(Cl)(Cl)Cl. The van der Waals surface area contributed by atoms with Gasteiger partial charge < -0.3 is 0 Å². The monoisotopic (exact) mass is 179 g/mol. The fourth-order valence-corrected chi connectivity index (χ4v) is 1.04. The van der Waals surface area contributed by atoms with Gasteiger partial charge in [-0.15, -0.1) is 0 Å². The van der Waals surface area contributed by atoms with E-state index in [0.29, 0.717) is 0 Å². The molecule has 0 fully saturated rings. The maximum Gasteiger partial charge on any atom is 0.251 e. The molecule has 0 saturated carbocycles. The molecule has 0 aromatic carbocycles. The summed E-state index contributed by atoms with van der Waals surface area (Å²) in [5.41, 5.74) is 0. The number of hydrogen-bond acceptors (Lipinski definition) is 2. The van der Waals surface area contributed by atoms with E-state index in [1.54, 1.807) is 7.05 Å². The fraction of sp³-hybridized carbons (Fsp3) is 1.00. The minimum Gasteiger partial charge on any atom is -0.264 e. The Kier molecular flexibility index (Phi) is 3.80. The summed E-state index contributed by atoms with van der Waals surface area (Å²) in [7, 11) is 1.69. The molecule has 0 saturated heterocycles. The molecule has 0 aliphatic carbocycles. The van der Waals surface area contributed by atoms with Crippen LogP contribution in [0.25, 0.3) is 0 Å². The van der Waals surface area contributed by atoms with Gasteiger partial charge in [0, 0.05) is 0 Å². The number of nitrogens with one attached hydrogen (secondary N) is 1. The maximum absolute atomic E-state index is 5.26. The highest BCUT2D eigenvalue weighted by Crippen LogP contribution is 2.35. The molecule has 1 N–H and O–H groups in total. The van der Waals surface area contributed by atoms with Crippen LogP contribution < -0.4 is 4.72 Å². The zero-order chi connectivity index (χ0) is 5.91. The first-order chi connectivity index (χ1) is 3.06. The lowest BCUT2D eigenvalue weighted by molar-refractivity contribution is 1.29. The van der Waals surface area contributed by atoms with Crippen LogP contribution in [-0.2, 0) is 0 Å². The molecule has 0 bridgehead atoms. The van der Waals surface area contributed by atoms with Crippen molar-refractivity contribution in [3.63, 3.8) is 0 Å². The zero-order valence-corrected chi connectivity index (χ0v) is 6.63. The standard InChI is InChI=1S/C2H4Cl3NS/c1-6-7-2(3,4)5/h6H,1H3. The number of halogens is 3. The molecule has 0 aromatic heterocycles. The van der Waals surface area contributed by atoms with Crippen LogP contribution in [0.15, 0.2) is 0 Å². The molecule has 5 heteroatoms. The van der Waals surface area contributed by atoms with Crippen LogP contribution in [0.5, 0.6) is 0 Å². The smallest absolute Gasteiger partial charge is 0.251 e. The highest BCUT2D eigenvalue weighted by atomic mass is 35.6. The Bertz CT molecular complexity index is 51.4. The Morgan fingerprint density at radius 2 is 1.86 bits per heavy atom. The second-order valence-electron chi connectivity index (χ2n) is 0.752. The molecule has 0 unspecified atom stereocenters. The summed E-state index contributed by atoms with van der Waals surface area (Å²) in [6.07, 6.45) is 0. The van der Waals surface area contributed by atoms with Gasteiger partial charge in [0.2, 0.25) is 0 Å². The quantitative estimate of drug-likeness (QED) is 0.490. The van der Waals surface area contributed by atoms with Crippen molar-refractivity contribution in [2.45, 2.75) is 3.12 Å². The van der Waals surface area contributed by atoms with Gasteiger partial charge in [-0.1, -0.05) is 34.8 Å². The molecule has 0 radical (unpaired) electrons. The zero-order valence-electron chi connectivity index (χ0n) is 3.54. The van der Waals surface area contributed by atoms with E-state index in [-0.39, 0.29) is 0 Å². The maximum atomic E-state index is 5.26. The minimum absolute atomic E-state index is 1.03. The second kappa shape index (κ2) is 3.25. The molecule has 0 aromatic rings. The van der Waals surface area contributed by atoms with E-state index in [1.165, 1.54) is 0 Å². The second-order valence-corrected chi connectivity index (χ2v) is 4.93. The van der Waals surface area contributed by atoms with Crippen molar-refractivity contribution in [2.24, 2.45) is 0 Å². The van der Waals surface area contributed by atoms with Gasteiger partial charge in [-0.3, -0.25) is 4.72 Å². The molecule has 0 atom stereocenters. The van der Waals surface area contributed by atoms with Crippen LogP contribution in [0, 0.1) is 0 Å². The van der Waals surface area contributed by atoms with Crippen LogP contribution in [0.4, 0.5) is 0 Å². The predicted molar refractivity (Wildman–Crippen MR) is 36.9 cm³/mol. The molecule has 0 aliphatic rings. The third kappa shape index (κ3) is 7.18. The summed E-state index contributed by atoms with van der Waals surface area (Å²) in [5, 5.41) is 0. The van der Waals surface area contributed by atoms with Crippen molar-refractivity contribution < 1.29 is 0 Å². The molecule has 7 heavy (non-hydrogen) atoms. The molecule has 0 spiro atoms. The number of hydrogen-bond donors (Lipinski definition) is 1. The first kappa shape index (κ1) is 8.18. The number of rotatable bonds is 1. The topological polar surface area (TPSA) is 12.0 Å². The van der Waals surface area contributed by atoms with Crippen molar-refractivity contribution >= 4 is 46.8 Å². The lowest BCUT2D eigenvalue weighted by Gasteiger charge is -2.05. The Morgan fingerprint density at radius 1 is 1.43 bits per heavy atom. The lowest BCUT2D eigenvalue weighted by atomic mass is 11.6. The van der Waals surface area contributed by atoms with Gasteiger partial charge in [0.15, 0.2) is 0 Å². The van der Waals surface area contributed by atoms with Gasteiger partial charge in [0.25, 0.3) is 3.12 Å². The van der Waals surface area contributed by atoms with Gasteiger partial charge in [0.05, 0.1) is 0 Å². The van der Waals surface area contributed by atoms with E-state index in [0.717, 1.165) is 11.9 Å². The van der Waals surface area contributed by atoms with Gasteiger partial charge in [0.1, 0.15) is 0 Å². The summed E-state index contributed by atoms with van der Waals surface area (Å²) in [6.45, 7) is 0. The largest absolute Gasteiger partial charge is 0.264 e. The highest BCUT2D eigenvalue weighted by Gasteiger charge is 2.18. The average molecular weight is 180 g/mol. The van der Waals surface area contributed by atoms with Gasteiger partial charge in [-0.25, -0.2) is 0 Å². The normalized spacial score (nSPS) is 12.0. The van der Waals surface area contributed by atoms with E-state index in [4.69, 9.17) is 34.8 Å². The Labute approximate surface area is 61.8 Å². The number of alkyl halides is 3. The van der Waals surface area contributed by atoms with Crippen molar-refractivity contribution in [3.8, 4) is 0 Å². The van der Waals surface area contributed by atoms with Crippen LogP contribution >= 0.6 is 46.8 Å². The molecular formula is C2H4Cl3NS. The van der Waals surface area contributed by atoms with Crippen molar-refractivity contribution in [2.75, 3.05) is 7.05 Å². The van der Waals surface area contributed by atoms with Crippen molar-refractivity contribution in [1.29, 1.82) is 0 Å². The summed E-state index contributed by atoms with van der Waals surface area (Å²) in [6, 6.07) is 0. The lowest BCUT2D eigenvalue weighted by Crippen LogP contribution is -2.03. The van der Waals surface area contributed by atoms with E-state index >= 15 is 0 Å². The molecule has 44 valence electrons. The molecule has 1 nitrogen and oxygen atoms in total. The van der Waals surface area contributed by atoms with E-state index < -0.39 is 3.12 Å². The third-order valence-corrected chi connectivity index (χ3v) is 1.35. The predicted octanol–water partition coefficient (Wildman–Crippen LogP) is 2.18. The summed E-state index contributed by atoms with van der Waals surface area (Å²) in [5.74, 6) is 0. The Hall–Kier alpha value is 1.18.